The van der Waals surface area contributed by atoms with Crippen LogP contribution in [-0.2, 0) is 11.4 Å². The summed E-state index contributed by atoms with van der Waals surface area (Å²) in [6.45, 7) is 9.01. The van der Waals surface area contributed by atoms with Gasteiger partial charge in [0.05, 0.1) is 5.75 Å². The molecular weight excluding hydrogens is 398 g/mol. The van der Waals surface area contributed by atoms with Crippen molar-refractivity contribution in [3.05, 3.63) is 35.7 Å². The fourth-order valence-corrected chi connectivity index (χ4v) is 4.45. The first kappa shape index (κ1) is 22.5. The highest BCUT2D eigenvalue weighted by Gasteiger charge is 2.28. The Labute approximate surface area is 183 Å². The van der Waals surface area contributed by atoms with E-state index in [2.05, 4.69) is 55.3 Å². The van der Waals surface area contributed by atoms with Crippen molar-refractivity contribution in [3.63, 3.8) is 0 Å². The van der Waals surface area contributed by atoms with Gasteiger partial charge in [-0.15, -0.1) is 10.2 Å². The molecule has 1 aromatic heterocycles. The zero-order chi connectivity index (χ0) is 21.7. The van der Waals surface area contributed by atoms with E-state index in [1.54, 1.807) is 0 Å². The molecule has 0 aliphatic heterocycles. The molecule has 8 heteroatoms. The maximum atomic E-state index is 12.4. The summed E-state index contributed by atoms with van der Waals surface area (Å²) in [6.07, 6.45) is 3.46. The minimum atomic E-state index is 0.0111. The predicted octanol–water partition coefficient (Wildman–Crippen LogP) is 3.73. The molecule has 3 rings (SSSR count). The number of hydrogen-bond acceptors (Lipinski definition) is 6. The third kappa shape index (κ3) is 5.68. The van der Waals surface area contributed by atoms with Crippen LogP contribution in [0.3, 0.4) is 0 Å². The summed E-state index contributed by atoms with van der Waals surface area (Å²) in [7, 11) is 0. The van der Waals surface area contributed by atoms with Crippen molar-refractivity contribution >= 4 is 17.7 Å². The van der Waals surface area contributed by atoms with Crippen LogP contribution in [0, 0.1) is 11.8 Å². The zero-order valence-corrected chi connectivity index (χ0v) is 19.1. The van der Waals surface area contributed by atoms with Crippen molar-refractivity contribution in [1.29, 1.82) is 0 Å². The van der Waals surface area contributed by atoms with Crippen LogP contribution in [0.4, 0.5) is 0 Å². The molecule has 1 heterocycles. The average Bonchev–Trinajstić information content (AvgIpc) is 3.08. The quantitative estimate of drug-likeness (QED) is 0.488. The van der Waals surface area contributed by atoms with Crippen molar-refractivity contribution in [3.8, 4) is 5.75 Å². The molecule has 0 radical (unpaired) electrons. The molecule has 1 aromatic carbocycles. The van der Waals surface area contributed by atoms with Gasteiger partial charge in [0.15, 0.2) is 5.82 Å². The fourth-order valence-electron chi connectivity index (χ4n) is 3.77. The number of amides is 1. The summed E-state index contributed by atoms with van der Waals surface area (Å²) in [5.74, 6) is 9.28. The number of nitrogens with zero attached hydrogens (tertiary/aromatic N) is 3. The largest absolute Gasteiger partial charge is 0.486 e. The minimum Gasteiger partial charge on any atom is -0.486 e. The highest BCUT2D eigenvalue weighted by atomic mass is 32.2. The van der Waals surface area contributed by atoms with Crippen molar-refractivity contribution in [2.45, 2.75) is 70.7 Å². The standard InChI is InChI=1S/C22H33N5O2S/c1-14(2)17-8-10-18(11-9-17)29-12-20-25-26-22(27(20)23)30-13-21(28)24-19-7-5-6-15(3)16(19)4/h8-11,14-16,19H,5-7,12-13,23H2,1-4H3,(H,24,28)/t15-,16-,19-/m1/s1. The highest BCUT2D eigenvalue weighted by molar-refractivity contribution is 7.99. The molecule has 0 unspecified atom stereocenters. The first-order valence-corrected chi connectivity index (χ1v) is 11.7. The summed E-state index contributed by atoms with van der Waals surface area (Å²) < 4.78 is 7.17. The van der Waals surface area contributed by atoms with E-state index in [1.165, 1.54) is 34.8 Å². The number of thioether (sulfide) groups is 1. The third-order valence-corrected chi connectivity index (χ3v) is 6.98. The number of nitrogens with one attached hydrogen (secondary N) is 1. The van der Waals surface area contributed by atoms with Gasteiger partial charge in [0.25, 0.3) is 0 Å². The molecule has 0 saturated heterocycles. The third-order valence-electron chi connectivity index (χ3n) is 6.04. The molecule has 7 nitrogen and oxygen atoms in total. The molecule has 2 aromatic rings. The van der Waals surface area contributed by atoms with Gasteiger partial charge < -0.3 is 15.9 Å². The molecule has 0 bridgehead atoms. The molecule has 0 spiro atoms. The van der Waals surface area contributed by atoms with Gasteiger partial charge in [-0.25, -0.2) is 4.68 Å². The van der Waals surface area contributed by atoms with Crippen molar-refractivity contribution in [1.82, 2.24) is 20.2 Å². The van der Waals surface area contributed by atoms with Crippen molar-refractivity contribution < 1.29 is 9.53 Å². The van der Waals surface area contributed by atoms with E-state index in [4.69, 9.17) is 10.6 Å². The van der Waals surface area contributed by atoms with Gasteiger partial charge in [0, 0.05) is 6.04 Å². The van der Waals surface area contributed by atoms with Crippen LogP contribution in [0.15, 0.2) is 29.4 Å². The summed E-state index contributed by atoms with van der Waals surface area (Å²) in [4.78, 5) is 12.4. The second kappa shape index (κ2) is 10.2. The summed E-state index contributed by atoms with van der Waals surface area (Å²) in [5, 5.41) is 11.9. The Bertz CT molecular complexity index is 837. The first-order chi connectivity index (χ1) is 14.3. The van der Waals surface area contributed by atoms with Crippen LogP contribution < -0.4 is 15.9 Å². The van der Waals surface area contributed by atoms with E-state index in [0.29, 0.717) is 28.7 Å². The number of rotatable bonds is 8. The summed E-state index contributed by atoms with van der Waals surface area (Å²) in [6, 6.07) is 8.25. The molecule has 30 heavy (non-hydrogen) atoms. The Balaban J connectivity index is 1.48. The van der Waals surface area contributed by atoms with E-state index < -0.39 is 0 Å². The molecule has 1 amide bonds. The molecule has 164 valence electrons. The SMILES string of the molecule is CC(C)c1ccc(OCc2nnc(SCC(=O)N[C@@H]3CCC[C@@H](C)[C@H]3C)n2N)cc1. The van der Waals surface area contributed by atoms with E-state index >= 15 is 0 Å². The molecule has 1 fully saturated rings. The predicted molar refractivity (Wildman–Crippen MR) is 120 cm³/mol. The Morgan fingerprint density at radius 1 is 1.27 bits per heavy atom. The number of ether oxygens (including phenoxy) is 1. The lowest BCUT2D eigenvalue weighted by Crippen LogP contribution is -2.44. The van der Waals surface area contributed by atoms with E-state index in [9.17, 15) is 4.79 Å². The topological polar surface area (TPSA) is 95.1 Å². The summed E-state index contributed by atoms with van der Waals surface area (Å²) >= 11 is 1.29. The number of benzene rings is 1. The molecule has 1 saturated carbocycles. The first-order valence-electron chi connectivity index (χ1n) is 10.7. The smallest absolute Gasteiger partial charge is 0.230 e. The van der Waals surface area contributed by atoms with Gasteiger partial charge in [0.2, 0.25) is 11.1 Å². The minimum absolute atomic E-state index is 0.0111. The van der Waals surface area contributed by atoms with E-state index in [-0.39, 0.29) is 24.3 Å². The van der Waals surface area contributed by atoms with Gasteiger partial charge in [0.1, 0.15) is 12.4 Å². The van der Waals surface area contributed by atoms with Crippen LogP contribution in [0.25, 0.3) is 0 Å². The Morgan fingerprint density at radius 3 is 2.70 bits per heavy atom. The Morgan fingerprint density at radius 2 is 2.00 bits per heavy atom. The van der Waals surface area contributed by atoms with Crippen LogP contribution in [0.2, 0.25) is 0 Å². The van der Waals surface area contributed by atoms with Crippen molar-refractivity contribution in [2.75, 3.05) is 11.6 Å². The number of hydrogen-bond donors (Lipinski definition) is 2. The second-order valence-electron chi connectivity index (χ2n) is 8.51. The lowest BCUT2D eigenvalue weighted by molar-refractivity contribution is -0.120. The lowest BCUT2D eigenvalue weighted by atomic mass is 9.78. The zero-order valence-electron chi connectivity index (χ0n) is 18.3. The number of nitrogen functional groups attached to an aromatic ring is 1. The van der Waals surface area contributed by atoms with Gasteiger partial charge >= 0.3 is 0 Å². The lowest BCUT2D eigenvalue weighted by Gasteiger charge is -2.34. The van der Waals surface area contributed by atoms with Crippen LogP contribution in [0.1, 0.15) is 64.3 Å². The number of aromatic nitrogens is 3. The summed E-state index contributed by atoms with van der Waals surface area (Å²) in [5.41, 5.74) is 1.26. The number of carbonyl (C=O) groups excluding carboxylic acids is 1. The van der Waals surface area contributed by atoms with Crippen LogP contribution in [-0.4, -0.2) is 32.6 Å². The number of carbonyl (C=O) groups is 1. The molecule has 3 N–H and O–H groups in total. The fraction of sp³-hybridized carbons (Fsp3) is 0.591. The van der Waals surface area contributed by atoms with Gasteiger partial charge in [-0.05, 0) is 41.9 Å². The van der Waals surface area contributed by atoms with Gasteiger partial charge in [-0.3, -0.25) is 4.79 Å². The highest BCUT2D eigenvalue weighted by Crippen LogP contribution is 2.29. The maximum absolute atomic E-state index is 12.4. The van der Waals surface area contributed by atoms with Crippen molar-refractivity contribution in [2.24, 2.45) is 11.8 Å². The molecular formula is C22H33N5O2S. The Kier molecular flexibility index (Phi) is 7.64. The second-order valence-corrected chi connectivity index (χ2v) is 9.45. The van der Waals surface area contributed by atoms with E-state index in [0.717, 1.165) is 12.2 Å². The normalized spacial score (nSPS) is 21.6. The monoisotopic (exact) mass is 431 g/mol. The Hall–Kier alpha value is -2.22. The van der Waals surface area contributed by atoms with E-state index in [1.807, 2.05) is 12.1 Å². The molecule has 1 aliphatic carbocycles. The van der Waals surface area contributed by atoms with Crippen LogP contribution >= 0.6 is 11.8 Å². The van der Waals surface area contributed by atoms with Crippen LogP contribution in [0.5, 0.6) is 5.75 Å². The van der Waals surface area contributed by atoms with Gasteiger partial charge in [-0.1, -0.05) is 64.4 Å². The maximum Gasteiger partial charge on any atom is 0.230 e. The number of nitrogens with two attached hydrogens (primary N) is 1. The van der Waals surface area contributed by atoms with Gasteiger partial charge in [-0.2, -0.15) is 0 Å². The molecule has 1 aliphatic rings. The average molecular weight is 432 g/mol. The molecule has 3 atom stereocenters.